The number of rotatable bonds is 1. The van der Waals surface area contributed by atoms with Gasteiger partial charge < -0.3 is 5.73 Å². The Kier molecular flexibility index (Phi) is 1.70. The van der Waals surface area contributed by atoms with Crippen molar-refractivity contribution < 1.29 is 0 Å². The highest BCUT2D eigenvalue weighted by Crippen LogP contribution is 2.56. The van der Waals surface area contributed by atoms with Crippen LogP contribution in [0.15, 0.2) is 18.3 Å². The molecule has 2 heteroatoms. The summed E-state index contributed by atoms with van der Waals surface area (Å²) in [5, 5.41) is 0. The van der Waals surface area contributed by atoms with Crippen LogP contribution in [0.5, 0.6) is 0 Å². The van der Waals surface area contributed by atoms with Gasteiger partial charge in [-0.25, -0.2) is 0 Å². The van der Waals surface area contributed by atoms with Crippen LogP contribution in [0.3, 0.4) is 0 Å². The molecule has 2 N–H and O–H groups in total. The molecule has 1 fully saturated rings. The number of aryl methyl sites for hydroxylation is 1. The van der Waals surface area contributed by atoms with E-state index in [4.69, 9.17) is 5.73 Å². The Hall–Kier alpha value is -0.890. The van der Waals surface area contributed by atoms with Gasteiger partial charge in [0.1, 0.15) is 0 Å². The van der Waals surface area contributed by atoms with E-state index in [0.29, 0.717) is 5.92 Å². The zero-order valence-electron chi connectivity index (χ0n) is 8.41. The molecule has 0 bridgehead atoms. The highest BCUT2D eigenvalue weighted by molar-refractivity contribution is 5.30. The molecule has 2 nitrogen and oxygen atoms in total. The number of aromatic nitrogens is 1. The Morgan fingerprint density at radius 2 is 2.08 bits per heavy atom. The van der Waals surface area contributed by atoms with Crippen LogP contribution in [-0.2, 0) is 0 Å². The number of pyridine rings is 1. The smallest absolute Gasteiger partial charge is 0.0458 e. The average Bonchev–Trinajstić information content (AvgIpc) is 2.51. The summed E-state index contributed by atoms with van der Waals surface area (Å²) < 4.78 is 0. The maximum absolute atomic E-state index is 5.99. The minimum atomic E-state index is 0.237. The van der Waals surface area contributed by atoms with Crippen LogP contribution in [0.4, 0.5) is 0 Å². The van der Waals surface area contributed by atoms with E-state index in [2.05, 4.69) is 31.8 Å². The summed E-state index contributed by atoms with van der Waals surface area (Å²) in [5.41, 5.74) is 8.64. The molecule has 13 heavy (non-hydrogen) atoms. The van der Waals surface area contributed by atoms with E-state index >= 15 is 0 Å². The molecule has 0 aromatic carbocycles. The first-order valence-corrected chi connectivity index (χ1v) is 4.71. The van der Waals surface area contributed by atoms with E-state index in [1.165, 1.54) is 5.56 Å². The Morgan fingerprint density at radius 3 is 2.54 bits per heavy atom. The van der Waals surface area contributed by atoms with E-state index in [-0.39, 0.29) is 11.5 Å². The third-order valence-electron chi connectivity index (χ3n) is 3.17. The van der Waals surface area contributed by atoms with Crippen molar-refractivity contribution in [3.63, 3.8) is 0 Å². The zero-order valence-corrected chi connectivity index (χ0v) is 8.41. The largest absolute Gasteiger partial charge is 0.327 e. The van der Waals surface area contributed by atoms with Crippen LogP contribution < -0.4 is 5.73 Å². The molecule has 1 aromatic rings. The summed E-state index contributed by atoms with van der Waals surface area (Å²) in [5.74, 6) is 0.451. The van der Waals surface area contributed by atoms with Gasteiger partial charge in [0.05, 0.1) is 0 Å². The van der Waals surface area contributed by atoms with Gasteiger partial charge in [0, 0.05) is 23.9 Å². The molecule has 0 unspecified atom stereocenters. The lowest BCUT2D eigenvalue weighted by atomic mass is 10.1. The van der Waals surface area contributed by atoms with Crippen molar-refractivity contribution in [1.29, 1.82) is 0 Å². The molecule has 1 saturated carbocycles. The maximum Gasteiger partial charge on any atom is 0.0458 e. The molecule has 1 aliphatic rings. The van der Waals surface area contributed by atoms with Gasteiger partial charge in [0.25, 0.3) is 0 Å². The van der Waals surface area contributed by atoms with Gasteiger partial charge in [-0.05, 0) is 30.0 Å². The van der Waals surface area contributed by atoms with Crippen LogP contribution in [-0.4, -0.2) is 11.0 Å². The SMILES string of the molecule is Cc1ccnc([C@@H]2[C@@H](N)C2(C)C)c1. The first-order chi connectivity index (χ1) is 6.03. The lowest BCUT2D eigenvalue weighted by Gasteiger charge is -2.02. The Labute approximate surface area is 79.2 Å². The second-order valence-electron chi connectivity index (χ2n) is 4.58. The van der Waals surface area contributed by atoms with Gasteiger partial charge in [0.2, 0.25) is 0 Å². The van der Waals surface area contributed by atoms with Crippen LogP contribution in [0.25, 0.3) is 0 Å². The van der Waals surface area contributed by atoms with Gasteiger partial charge in [-0.15, -0.1) is 0 Å². The molecular formula is C11H16N2. The molecule has 1 aliphatic carbocycles. The van der Waals surface area contributed by atoms with Crippen molar-refractivity contribution in [3.05, 3.63) is 29.6 Å². The second kappa shape index (κ2) is 2.55. The fraction of sp³-hybridized carbons (Fsp3) is 0.545. The highest BCUT2D eigenvalue weighted by Gasteiger charge is 2.56. The molecule has 0 spiro atoms. The Balaban J connectivity index is 2.29. The van der Waals surface area contributed by atoms with Crippen LogP contribution in [0, 0.1) is 12.3 Å². The van der Waals surface area contributed by atoms with Gasteiger partial charge in [-0.2, -0.15) is 0 Å². The summed E-state index contributed by atoms with van der Waals surface area (Å²) in [6, 6.07) is 4.44. The molecule has 0 aliphatic heterocycles. The molecule has 0 radical (unpaired) electrons. The van der Waals surface area contributed by atoms with E-state index in [1.807, 2.05) is 12.3 Å². The monoisotopic (exact) mass is 176 g/mol. The minimum Gasteiger partial charge on any atom is -0.327 e. The molecule has 1 heterocycles. The number of nitrogens with two attached hydrogens (primary N) is 1. The van der Waals surface area contributed by atoms with Gasteiger partial charge in [-0.1, -0.05) is 13.8 Å². The highest BCUT2D eigenvalue weighted by atomic mass is 14.9. The summed E-state index contributed by atoms with van der Waals surface area (Å²) in [7, 11) is 0. The van der Waals surface area contributed by atoms with Crippen molar-refractivity contribution in [1.82, 2.24) is 4.98 Å². The predicted octanol–water partition coefficient (Wildman–Crippen LogP) is 1.84. The molecular weight excluding hydrogens is 160 g/mol. The molecule has 1 aromatic heterocycles. The van der Waals surface area contributed by atoms with E-state index in [1.54, 1.807) is 0 Å². The fourth-order valence-electron chi connectivity index (χ4n) is 1.97. The first-order valence-electron chi connectivity index (χ1n) is 4.71. The fourth-order valence-corrected chi connectivity index (χ4v) is 1.97. The predicted molar refractivity (Wildman–Crippen MR) is 53.5 cm³/mol. The lowest BCUT2D eigenvalue weighted by molar-refractivity contribution is 0.595. The number of hydrogen-bond acceptors (Lipinski definition) is 2. The van der Waals surface area contributed by atoms with Crippen LogP contribution in [0.2, 0.25) is 0 Å². The third-order valence-corrected chi connectivity index (χ3v) is 3.17. The molecule has 2 atom stereocenters. The summed E-state index contributed by atoms with van der Waals surface area (Å²) in [4.78, 5) is 4.37. The van der Waals surface area contributed by atoms with Crippen molar-refractivity contribution in [2.45, 2.75) is 32.7 Å². The van der Waals surface area contributed by atoms with E-state index < -0.39 is 0 Å². The van der Waals surface area contributed by atoms with E-state index in [9.17, 15) is 0 Å². The van der Waals surface area contributed by atoms with Crippen LogP contribution in [0.1, 0.15) is 31.0 Å². The Bertz CT molecular complexity index is 331. The number of hydrogen-bond donors (Lipinski definition) is 1. The summed E-state index contributed by atoms with van der Waals surface area (Å²) in [6.45, 7) is 6.49. The lowest BCUT2D eigenvalue weighted by Crippen LogP contribution is -2.06. The zero-order chi connectivity index (χ0) is 9.64. The molecule has 0 amide bonds. The number of nitrogens with zero attached hydrogens (tertiary/aromatic N) is 1. The third kappa shape index (κ3) is 1.25. The summed E-state index contributed by atoms with van der Waals surface area (Å²) in [6.07, 6.45) is 1.87. The molecule has 70 valence electrons. The topological polar surface area (TPSA) is 38.9 Å². The molecule has 2 rings (SSSR count). The maximum atomic E-state index is 5.99. The summed E-state index contributed by atoms with van der Waals surface area (Å²) >= 11 is 0. The van der Waals surface area contributed by atoms with Crippen LogP contribution >= 0.6 is 0 Å². The van der Waals surface area contributed by atoms with Crippen molar-refractivity contribution in [2.24, 2.45) is 11.1 Å². The average molecular weight is 176 g/mol. The van der Waals surface area contributed by atoms with Gasteiger partial charge >= 0.3 is 0 Å². The normalized spacial score (nSPS) is 30.2. The van der Waals surface area contributed by atoms with Crippen molar-refractivity contribution in [2.75, 3.05) is 0 Å². The second-order valence-corrected chi connectivity index (χ2v) is 4.58. The Morgan fingerprint density at radius 1 is 1.46 bits per heavy atom. The standard InChI is InChI=1S/C11H16N2/c1-7-4-5-13-8(6-7)9-10(12)11(9,2)3/h4-6,9-10H,12H2,1-3H3/t9-,10-/m1/s1. The van der Waals surface area contributed by atoms with Gasteiger partial charge in [0.15, 0.2) is 0 Å². The first kappa shape index (κ1) is 8.70. The van der Waals surface area contributed by atoms with E-state index in [0.717, 1.165) is 5.69 Å². The quantitative estimate of drug-likeness (QED) is 0.709. The van der Waals surface area contributed by atoms with Gasteiger partial charge in [-0.3, -0.25) is 4.98 Å². The van der Waals surface area contributed by atoms with Crippen molar-refractivity contribution in [3.8, 4) is 0 Å². The minimum absolute atomic E-state index is 0.237. The molecule has 0 saturated heterocycles. The van der Waals surface area contributed by atoms with Crippen molar-refractivity contribution >= 4 is 0 Å².